The molecule has 0 aliphatic carbocycles. The fraction of sp³-hybridized carbons (Fsp3) is 0.333. The maximum atomic E-state index is 5.88. The van der Waals surface area contributed by atoms with Crippen LogP contribution in [0.1, 0.15) is 31.4 Å². The van der Waals surface area contributed by atoms with Crippen molar-refractivity contribution in [2.24, 2.45) is 0 Å². The summed E-state index contributed by atoms with van der Waals surface area (Å²) in [5, 5.41) is 4.22. The average molecular weight is 383 g/mol. The van der Waals surface area contributed by atoms with E-state index in [0.29, 0.717) is 12.6 Å². The molecule has 0 aliphatic heterocycles. The molecule has 0 amide bonds. The monoisotopic (exact) mass is 381 g/mol. The van der Waals surface area contributed by atoms with E-state index in [0.717, 1.165) is 33.8 Å². The van der Waals surface area contributed by atoms with E-state index in [4.69, 9.17) is 16.3 Å². The first kappa shape index (κ1) is 17.3. The van der Waals surface area contributed by atoms with Crippen LogP contribution in [0.3, 0.4) is 0 Å². The molecule has 2 aromatic rings. The van der Waals surface area contributed by atoms with Gasteiger partial charge in [-0.3, -0.25) is 0 Å². The van der Waals surface area contributed by atoms with Gasteiger partial charge < -0.3 is 10.1 Å². The second-order valence-corrected chi connectivity index (χ2v) is 6.66. The molecule has 0 aliphatic rings. The minimum absolute atomic E-state index is 0.527. The van der Waals surface area contributed by atoms with Crippen LogP contribution in [0.25, 0.3) is 0 Å². The zero-order chi connectivity index (χ0) is 15.9. The third kappa shape index (κ3) is 5.31. The lowest BCUT2D eigenvalue weighted by Crippen LogP contribution is -2.24. The van der Waals surface area contributed by atoms with E-state index in [2.05, 4.69) is 47.2 Å². The number of hydrogen-bond donors (Lipinski definition) is 1. The van der Waals surface area contributed by atoms with Gasteiger partial charge in [0.15, 0.2) is 0 Å². The predicted molar refractivity (Wildman–Crippen MR) is 96.5 cm³/mol. The number of ether oxygens (including phenoxy) is 1. The van der Waals surface area contributed by atoms with Crippen LogP contribution in [0, 0.1) is 0 Å². The van der Waals surface area contributed by atoms with Gasteiger partial charge in [0.05, 0.1) is 4.47 Å². The number of benzene rings is 2. The van der Waals surface area contributed by atoms with Gasteiger partial charge >= 0.3 is 0 Å². The Morgan fingerprint density at radius 1 is 1.14 bits per heavy atom. The number of nitrogens with one attached hydrogen (secondary N) is 1. The Morgan fingerprint density at radius 3 is 2.45 bits per heavy atom. The summed E-state index contributed by atoms with van der Waals surface area (Å²) in [6.07, 6.45) is 1.13. The largest absolute Gasteiger partial charge is 0.488 e. The first-order valence-electron chi connectivity index (χ1n) is 7.47. The Kier molecular flexibility index (Phi) is 6.74. The summed E-state index contributed by atoms with van der Waals surface area (Å²) in [6.45, 7) is 5.77. The van der Waals surface area contributed by atoms with Gasteiger partial charge in [0.2, 0.25) is 0 Å². The molecular weight excluding hydrogens is 362 g/mol. The standard InChI is InChI=1S/C18H21BrClNO/c1-3-13(2)21-11-15-6-9-18(17(19)10-15)22-12-14-4-7-16(20)8-5-14/h4-10,13,21H,3,11-12H2,1-2H3. The minimum atomic E-state index is 0.527. The molecule has 4 heteroatoms. The van der Waals surface area contributed by atoms with Crippen molar-refractivity contribution < 1.29 is 4.74 Å². The molecule has 22 heavy (non-hydrogen) atoms. The Balaban J connectivity index is 1.93. The van der Waals surface area contributed by atoms with Crippen LogP contribution >= 0.6 is 27.5 Å². The number of hydrogen-bond acceptors (Lipinski definition) is 2. The van der Waals surface area contributed by atoms with Crippen LogP contribution in [-0.2, 0) is 13.2 Å². The molecule has 0 spiro atoms. The lowest BCUT2D eigenvalue weighted by atomic mass is 10.2. The van der Waals surface area contributed by atoms with Gasteiger partial charge in [-0.05, 0) is 64.7 Å². The summed E-state index contributed by atoms with van der Waals surface area (Å²) < 4.78 is 6.83. The average Bonchev–Trinajstić information content (AvgIpc) is 2.53. The molecule has 0 heterocycles. The molecule has 0 saturated heterocycles. The Hall–Kier alpha value is -1.03. The highest BCUT2D eigenvalue weighted by Crippen LogP contribution is 2.27. The molecule has 0 fully saturated rings. The Labute approximate surface area is 146 Å². The van der Waals surface area contributed by atoms with Crippen molar-refractivity contribution in [3.05, 3.63) is 63.1 Å². The molecule has 118 valence electrons. The summed E-state index contributed by atoms with van der Waals surface area (Å²) >= 11 is 9.46. The lowest BCUT2D eigenvalue weighted by Gasteiger charge is -2.13. The number of halogens is 2. The fourth-order valence-electron chi connectivity index (χ4n) is 1.95. The first-order chi connectivity index (χ1) is 10.6. The summed E-state index contributed by atoms with van der Waals surface area (Å²) in [4.78, 5) is 0. The highest BCUT2D eigenvalue weighted by Gasteiger charge is 2.05. The maximum Gasteiger partial charge on any atom is 0.134 e. The maximum absolute atomic E-state index is 5.88. The van der Waals surface area contributed by atoms with Gasteiger partial charge in [0.25, 0.3) is 0 Å². The molecule has 1 N–H and O–H groups in total. The molecule has 2 nitrogen and oxygen atoms in total. The summed E-state index contributed by atoms with van der Waals surface area (Å²) in [7, 11) is 0. The predicted octanol–water partition coefficient (Wildman–Crippen LogP) is 5.57. The first-order valence-corrected chi connectivity index (χ1v) is 8.64. The highest BCUT2D eigenvalue weighted by atomic mass is 79.9. The van der Waals surface area contributed by atoms with Crippen molar-refractivity contribution in [3.8, 4) is 5.75 Å². The van der Waals surface area contributed by atoms with Gasteiger partial charge in [-0.2, -0.15) is 0 Å². The molecule has 2 rings (SSSR count). The summed E-state index contributed by atoms with van der Waals surface area (Å²) in [5.41, 5.74) is 2.34. The van der Waals surface area contributed by atoms with E-state index in [1.807, 2.05) is 30.3 Å². The van der Waals surface area contributed by atoms with E-state index in [9.17, 15) is 0 Å². The van der Waals surface area contributed by atoms with Crippen LogP contribution in [-0.4, -0.2) is 6.04 Å². The van der Waals surface area contributed by atoms with Crippen molar-refractivity contribution in [2.75, 3.05) is 0 Å². The second kappa shape index (κ2) is 8.56. The van der Waals surface area contributed by atoms with Gasteiger partial charge in [-0.25, -0.2) is 0 Å². The highest BCUT2D eigenvalue weighted by molar-refractivity contribution is 9.10. The summed E-state index contributed by atoms with van der Waals surface area (Å²) in [6, 6.07) is 14.4. The van der Waals surface area contributed by atoms with E-state index in [-0.39, 0.29) is 0 Å². The van der Waals surface area contributed by atoms with Gasteiger partial charge in [0.1, 0.15) is 12.4 Å². The van der Waals surface area contributed by atoms with Crippen LogP contribution in [0.4, 0.5) is 0 Å². The van der Waals surface area contributed by atoms with Crippen LogP contribution < -0.4 is 10.1 Å². The Bertz CT molecular complexity index is 601. The Morgan fingerprint density at radius 2 is 1.82 bits per heavy atom. The molecule has 1 unspecified atom stereocenters. The topological polar surface area (TPSA) is 21.3 Å². The molecule has 1 atom stereocenters. The van der Waals surface area contributed by atoms with Gasteiger partial charge in [0, 0.05) is 17.6 Å². The second-order valence-electron chi connectivity index (χ2n) is 5.37. The van der Waals surface area contributed by atoms with Crippen LogP contribution in [0.15, 0.2) is 46.9 Å². The van der Waals surface area contributed by atoms with Crippen molar-refractivity contribution in [1.29, 1.82) is 0 Å². The third-order valence-electron chi connectivity index (χ3n) is 3.57. The SMILES string of the molecule is CCC(C)NCc1ccc(OCc2ccc(Cl)cc2)c(Br)c1. The van der Waals surface area contributed by atoms with Crippen LogP contribution in [0.2, 0.25) is 5.02 Å². The zero-order valence-electron chi connectivity index (χ0n) is 12.9. The van der Waals surface area contributed by atoms with Crippen molar-refractivity contribution in [1.82, 2.24) is 5.32 Å². The van der Waals surface area contributed by atoms with E-state index >= 15 is 0 Å². The minimum Gasteiger partial charge on any atom is -0.488 e. The van der Waals surface area contributed by atoms with Crippen molar-refractivity contribution in [2.45, 2.75) is 39.5 Å². The molecule has 2 aromatic carbocycles. The molecular formula is C18H21BrClNO. The molecule has 0 saturated carbocycles. The van der Waals surface area contributed by atoms with Crippen molar-refractivity contribution >= 4 is 27.5 Å². The summed E-state index contributed by atoms with van der Waals surface area (Å²) in [5.74, 6) is 0.849. The molecule has 0 aromatic heterocycles. The van der Waals surface area contributed by atoms with E-state index < -0.39 is 0 Å². The smallest absolute Gasteiger partial charge is 0.134 e. The molecule has 0 radical (unpaired) electrons. The quantitative estimate of drug-likeness (QED) is 0.676. The zero-order valence-corrected chi connectivity index (χ0v) is 15.2. The van der Waals surface area contributed by atoms with Gasteiger partial charge in [-0.15, -0.1) is 0 Å². The van der Waals surface area contributed by atoms with E-state index in [1.54, 1.807) is 0 Å². The van der Waals surface area contributed by atoms with Crippen LogP contribution in [0.5, 0.6) is 5.75 Å². The molecule has 0 bridgehead atoms. The lowest BCUT2D eigenvalue weighted by molar-refractivity contribution is 0.304. The van der Waals surface area contributed by atoms with Crippen molar-refractivity contribution in [3.63, 3.8) is 0 Å². The van der Waals surface area contributed by atoms with Gasteiger partial charge in [-0.1, -0.05) is 36.7 Å². The fourth-order valence-corrected chi connectivity index (χ4v) is 2.62. The van der Waals surface area contributed by atoms with E-state index in [1.165, 1.54) is 5.56 Å². The third-order valence-corrected chi connectivity index (χ3v) is 4.44. The normalized spacial score (nSPS) is 12.2. The number of rotatable bonds is 7.